The maximum atomic E-state index is 13.1. The van der Waals surface area contributed by atoms with E-state index < -0.39 is 18.2 Å². The third-order valence-electron chi connectivity index (χ3n) is 6.28. The van der Waals surface area contributed by atoms with E-state index in [4.69, 9.17) is 18.9 Å². The molecule has 2 N–H and O–H groups in total. The molecular weight excluding hydrogens is 518 g/mol. The van der Waals surface area contributed by atoms with Crippen LogP contribution in [-0.4, -0.2) is 74.0 Å². The van der Waals surface area contributed by atoms with Crippen LogP contribution in [0.4, 0.5) is 4.79 Å². The van der Waals surface area contributed by atoms with Crippen LogP contribution in [0.15, 0.2) is 60.7 Å². The van der Waals surface area contributed by atoms with Crippen molar-refractivity contribution in [1.29, 1.82) is 0 Å². The Morgan fingerprint density at radius 3 is 2.23 bits per heavy atom. The minimum Gasteiger partial charge on any atom is -0.497 e. The van der Waals surface area contributed by atoms with Crippen molar-refractivity contribution < 1.29 is 43.5 Å². The number of ether oxygens (including phenoxy) is 4. The number of aldehydes is 1. The Kier molecular flexibility index (Phi) is 10.9. The molecular formula is C30H33NO9. The molecule has 212 valence electrons. The van der Waals surface area contributed by atoms with E-state index in [1.165, 1.54) is 30.2 Å². The van der Waals surface area contributed by atoms with Gasteiger partial charge in [-0.2, -0.15) is 0 Å². The van der Waals surface area contributed by atoms with Crippen LogP contribution in [-0.2, 0) is 24.2 Å². The van der Waals surface area contributed by atoms with Crippen LogP contribution >= 0.6 is 0 Å². The zero-order chi connectivity index (χ0) is 29.1. The van der Waals surface area contributed by atoms with Crippen LogP contribution in [0.1, 0.15) is 37.4 Å². The van der Waals surface area contributed by atoms with Gasteiger partial charge in [0.1, 0.15) is 18.6 Å². The number of hydrogen-bond acceptors (Lipinski definition) is 8. The second kappa shape index (κ2) is 14.5. The van der Waals surface area contributed by atoms with Gasteiger partial charge in [0.25, 0.3) is 0 Å². The first-order chi connectivity index (χ1) is 19.3. The summed E-state index contributed by atoms with van der Waals surface area (Å²) in [5, 5.41) is 20.4. The largest absolute Gasteiger partial charge is 0.497 e. The molecule has 1 unspecified atom stereocenters. The highest BCUT2D eigenvalue weighted by Crippen LogP contribution is 2.28. The lowest BCUT2D eigenvalue weighted by Crippen LogP contribution is -2.40. The molecule has 0 bridgehead atoms. The molecule has 3 aromatic rings. The molecule has 0 aliphatic heterocycles. The second-order valence-corrected chi connectivity index (χ2v) is 8.99. The Morgan fingerprint density at radius 2 is 1.60 bits per heavy atom. The van der Waals surface area contributed by atoms with Gasteiger partial charge in [-0.3, -0.25) is 4.79 Å². The summed E-state index contributed by atoms with van der Waals surface area (Å²) < 4.78 is 21.3. The van der Waals surface area contributed by atoms with Gasteiger partial charge in [-0.1, -0.05) is 24.3 Å². The summed E-state index contributed by atoms with van der Waals surface area (Å²) in [6.07, 6.45) is -0.824. The van der Waals surface area contributed by atoms with Crippen LogP contribution in [0.2, 0.25) is 0 Å². The monoisotopic (exact) mass is 551 g/mol. The van der Waals surface area contributed by atoms with E-state index in [0.717, 1.165) is 11.1 Å². The number of amides is 1. The molecule has 0 saturated heterocycles. The molecule has 0 radical (unpaired) electrons. The van der Waals surface area contributed by atoms with Gasteiger partial charge in [-0.05, 0) is 59.5 Å². The predicted octanol–water partition coefficient (Wildman–Crippen LogP) is 4.01. The molecule has 1 amide bonds. The van der Waals surface area contributed by atoms with Crippen molar-refractivity contribution in [2.75, 3.05) is 34.4 Å². The summed E-state index contributed by atoms with van der Waals surface area (Å²) in [6, 6.07) is 16.7. The van der Waals surface area contributed by atoms with Gasteiger partial charge in [-0.25, -0.2) is 9.59 Å². The average Bonchev–Trinajstić information content (AvgIpc) is 2.97. The minimum absolute atomic E-state index is 0.0102. The van der Waals surface area contributed by atoms with Crippen molar-refractivity contribution in [2.24, 2.45) is 0 Å². The van der Waals surface area contributed by atoms with E-state index in [-0.39, 0.29) is 42.8 Å². The van der Waals surface area contributed by atoms with E-state index in [9.17, 15) is 24.6 Å². The number of carboxylic acid groups (broad SMARTS) is 1. The number of nitrogens with zero attached hydrogens (tertiary/aromatic N) is 1. The van der Waals surface area contributed by atoms with Gasteiger partial charge in [0.2, 0.25) is 0 Å². The number of aliphatic hydroxyl groups excluding tert-OH is 1. The lowest BCUT2D eigenvalue weighted by Gasteiger charge is -2.25. The standard InChI is InChI=1S/C30H33NO9/c1-37-25-8-4-21(5-9-25)19-40-30(36)31(13-12-20-7-11-27(38-2)28(15-20)39-3)17-24(33)16-23-14-22(18-32)6-10-26(23)29(34)35/h4-11,14-15,18,24,33H,12-13,16-17,19H2,1-3H3,(H,34,35). The van der Waals surface area contributed by atoms with Gasteiger partial charge in [-0.15, -0.1) is 0 Å². The molecule has 0 spiro atoms. The van der Waals surface area contributed by atoms with Crippen molar-refractivity contribution in [1.82, 2.24) is 4.90 Å². The third kappa shape index (κ3) is 8.21. The first-order valence-electron chi connectivity index (χ1n) is 12.5. The number of rotatable bonds is 14. The number of carboxylic acids is 1. The first-order valence-corrected chi connectivity index (χ1v) is 12.5. The lowest BCUT2D eigenvalue weighted by atomic mass is 9.98. The maximum Gasteiger partial charge on any atom is 0.410 e. The summed E-state index contributed by atoms with van der Waals surface area (Å²) in [5.41, 5.74) is 2.18. The Balaban J connectivity index is 1.76. The SMILES string of the molecule is COc1ccc(COC(=O)N(CCc2ccc(OC)c(OC)c2)CC(O)Cc2cc(C=O)ccc2C(=O)O)cc1. The molecule has 0 saturated carbocycles. The third-order valence-corrected chi connectivity index (χ3v) is 6.28. The number of hydrogen-bond donors (Lipinski definition) is 2. The number of carbonyl (C=O) groups excluding carboxylic acids is 2. The summed E-state index contributed by atoms with van der Waals surface area (Å²) >= 11 is 0. The number of methoxy groups -OCH3 is 3. The zero-order valence-electron chi connectivity index (χ0n) is 22.7. The quantitative estimate of drug-likeness (QED) is 0.285. The van der Waals surface area contributed by atoms with Gasteiger partial charge in [0.05, 0.1) is 39.5 Å². The van der Waals surface area contributed by atoms with E-state index in [2.05, 4.69) is 0 Å². The molecule has 1 atom stereocenters. The molecule has 3 rings (SSSR count). The van der Waals surface area contributed by atoms with Crippen LogP contribution < -0.4 is 14.2 Å². The summed E-state index contributed by atoms with van der Waals surface area (Å²) in [6.45, 7) is 0.0869. The molecule has 0 heterocycles. The zero-order valence-corrected chi connectivity index (χ0v) is 22.7. The van der Waals surface area contributed by atoms with Crippen molar-refractivity contribution in [2.45, 2.75) is 25.6 Å². The fourth-order valence-corrected chi connectivity index (χ4v) is 4.15. The highest BCUT2D eigenvalue weighted by atomic mass is 16.6. The minimum atomic E-state index is -1.18. The summed E-state index contributed by atoms with van der Waals surface area (Å²) in [5.74, 6) is 0.618. The van der Waals surface area contributed by atoms with Gasteiger partial charge < -0.3 is 34.1 Å². The van der Waals surface area contributed by atoms with Crippen molar-refractivity contribution in [3.8, 4) is 17.2 Å². The Morgan fingerprint density at radius 1 is 0.900 bits per heavy atom. The van der Waals surface area contributed by atoms with Crippen molar-refractivity contribution >= 4 is 18.3 Å². The van der Waals surface area contributed by atoms with E-state index in [1.54, 1.807) is 50.6 Å². The highest BCUT2D eigenvalue weighted by molar-refractivity contribution is 5.90. The Bertz CT molecular complexity index is 1310. The summed E-state index contributed by atoms with van der Waals surface area (Å²) in [7, 11) is 4.64. The van der Waals surface area contributed by atoms with Crippen molar-refractivity contribution in [3.05, 3.63) is 88.5 Å². The maximum absolute atomic E-state index is 13.1. The van der Waals surface area contributed by atoms with Crippen LogP contribution in [0.5, 0.6) is 17.2 Å². The Labute approximate surface area is 232 Å². The molecule has 10 nitrogen and oxygen atoms in total. The predicted molar refractivity (Wildman–Crippen MR) is 147 cm³/mol. The van der Waals surface area contributed by atoms with E-state index >= 15 is 0 Å². The van der Waals surface area contributed by atoms with Gasteiger partial charge in [0, 0.05) is 18.5 Å². The molecule has 0 aliphatic rings. The van der Waals surface area contributed by atoms with Gasteiger partial charge in [0.15, 0.2) is 11.5 Å². The molecule has 0 aromatic heterocycles. The first kappa shape index (κ1) is 30.0. The van der Waals surface area contributed by atoms with Crippen LogP contribution in [0.25, 0.3) is 0 Å². The smallest absolute Gasteiger partial charge is 0.410 e. The van der Waals surface area contributed by atoms with Gasteiger partial charge >= 0.3 is 12.1 Å². The van der Waals surface area contributed by atoms with Crippen LogP contribution in [0, 0.1) is 0 Å². The van der Waals surface area contributed by atoms with Crippen molar-refractivity contribution in [3.63, 3.8) is 0 Å². The number of benzene rings is 3. The molecule has 3 aromatic carbocycles. The molecule has 0 aliphatic carbocycles. The number of aromatic carboxylic acids is 1. The fraction of sp³-hybridized carbons (Fsp3) is 0.300. The number of aliphatic hydroxyl groups is 1. The molecule has 0 fully saturated rings. The fourth-order valence-electron chi connectivity index (χ4n) is 4.15. The van der Waals surface area contributed by atoms with Crippen LogP contribution in [0.3, 0.4) is 0 Å². The highest BCUT2D eigenvalue weighted by Gasteiger charge is 2.22. The average molecular weight is 552 g/mol. The summed E-state index contributed by atoms with van der Waals surface area (Å²) in [4.78, 5) is 37.4. The molecule has 40 heavy (non-hydrogen) atoms. The van der Waals surface area contributed by atoms with E-state index in [0.29, 0.717) is 30.0 Å². The number of carbonyl (C=O) groups is 3. The normalized spacial score (nSPS) is 11.3. The Hall–Kier alpha value is -4.57. The molecule has 10 heteroatoms. The lowest BCUT2D eigenvalue weighted by molar-refractivity contribution is 0.0667. The second-order valence-electron chi connectivity index (χ2n) is 8.99. The van der Waals surface area contributed by atoms with E-state index in [1.807, 2.05) is 6.07 Å². The topological polar surface area (TPSA) is 132 Å².